The van der Waals surface area contributed by atoms with Crippen LogP contribution < -0.4 is 5.32 Å². The van der Waals surface area contributed by atoms with Gasteiger partial charge in [-0.05, 0) is 48.5 Å². The number of halogens is 4. The van der Waals surface area contributed by atoms with Crippen molar-refractivity contribution in [3.05, 3.63) is 74.4 Å². The van der Waals surface area contributed by atoms with Gasteiger partial charge in [0, 0.05) is 15.6 Å². The molecule has 2 nitrogen and oxygen atoms in total. The van der Waals surface area contributed by atoms with Gasteiger partial charge in [-0.3, -0.25) is 0 Å². The molecule has 2 aromatic carbocycles. The Bertz CT molecular complexity index is 844. The number of nitrogens with one attached hydrogen (secondary N) is 1. The van der Waals surface area contributed by atoms with Gasteiger partial charge in [-0.2, -0.15) is 0 Å². The quantitative estimate of drug-likeness (QED) is 0.513. The van der Waals surface area contributed by atoms with Crippen LogP contribution in [0.5, 0.6) is 0 Å². The van der Waals surface area contributed by atoms with Crippen molar-refractivity contribution in [2.75, 3.05) is 5.32 Å². The van der Waals surface area contributed by atoms with Gasteiger partial charge in [-0.15, -0.1) is 0 Å². The maximum absolute atomic E-state index is 6.19. The van der Waals surface area contributed by atoms with Crippen LogP contribution in [0.15, 0.2) is 52.9 Å². The van der Waals surface area contributed by atoms with E-state index >= 15 is 0 Å². The standard InChI is InChI=1S/C17H11Cl4NO/c18-10-1-4-13(15(21)7-10)17-6-3-12(23-17)9-22-16-8-11(19)2-5-14(16)20/h1-8,22H,9H2. The average molecular weight is 387 g/mol. The molecule has 0 atom stereocenters. The highest BCUT2D eigenvalue weighted by molar-refractivity contribution is 6.36. The first-order valence-electron chi connectivity index (χ1n) is 6.76. The Morgan fingerprint density at radius 2 is 1.52 bits per heavy atom. The fourth-order valence-electron chi connectivity index (χ4n) is 2.12. The Morgan fingerprint density at radius 3 is 2.30 bits per heavy atom. The Balaban J connectivity index is 1.76. The largest absolute Gasteiger partial charge is 0.459 e. The maximum Gasteiger partial charge on any atom is 0.135 e. The van der Waals surface area contributed by atoms with Gasteiger partial charge < -0.3 is 9.73 Å². The number of benzene rings is 2. The fourth-order valence-corrected chi connectivity index (χ4v) is 2.98. The molecule has 0 saturated carbocycles. The van der Waals surface area contributed by atoms with Crippen LogP contribution in [0.25, 0.3) is 11.3 Å². The van der Waals surface area contributed by atoms with E-state index in [4.69, 9.17) is 50.8 Å². The normalized spacial score (nSPS) is 10.8. The third-order valence-electron chi connectivity index (χ3n) is 3.24. The zero-order valence-electron chi connectivity index (χ0n) is 11.7. The fraction of sp³-hybridized carbons (Fsp3) is 0.0588. The van der Waals surface area contributed by atoms with Gasteiger partial charge in [0.25, 0.3) is 0 Å². The highest BCUT2D eigenvalue weighted by Gasteiger charge is 2.10. The molecule has 3 aromatic rings. The predicted octanol–water partition coefficient (Wildman–Crippen LogP) is 7.17. The molecule has 0 aliphatic carbocycles. The van der Waals surface area contributed by atoms with Gasteiger partial charge in [0.05, 0.1) is 22.3 Å². The minimum Gasteiger partial charge on any atom is -0.459 e. The van der Waals surface area contributed by atoms with Crippen molar-refractivity contribution >= 4 is 52.1 Å². The van der Waals surface area contributed by atoms with Crippen LogP contribution in [0.1, 0.15) is 5.76 Å². The molecule has 0 aliphatic rings. The van der Waals surface area contributed by atoms with E-state index in [1.54, 1.807) is 30.3 Å². The molecule has 0 spiro atoms. The van der Waals surface area contributed by atoms with Gasteiger partial charge in [0.1, 0.15) is 11.5 Å². The van der Waals surface area contributed by atoms with Gasteiger partial charge in [-0.1, -0.05) is 46.4 Å². The highest BCUT2D eigenvalue weighted by atomic mass is 35.5. The zero-order valence-corrected chi connectivity index (χ0v) is 14.8. The first-order chi connectivity index (χ1) is 11.0. The first kappa shape index (κ1) is 16.5. The van der Waals surface area contributed by atoms with E-state index in [1.165, 1.54) is 0 Å². The van der Waals surface area contributed by atoms with Gasteiger partial charge in [0.2, 0.25) is 0 Å². The molecule has 0 bridgehead atoms. The van der Waals surface area contributed by atoms with Crippen LogP contribution >= 0.6 is 46.4 Å². The summed E-state index contributed by atoms with van der Waals surface area (Å²) in [6, 6.07) is 14.3. The molecule has 0 fully saturated rings. The van der Waals surface area contributed by atoms with Gasteiger partial charge in [0.15, 0.2) is 0 Å². The van der Waals surface area contributed by atoms with Crippen molar-refractivity contribution in [1.29, 1.82) is 0 Å². The second kappa shape index (κ2) is 7.06. The molecule has 1 N–H and O–H groups in total. The Kier molecular flexibility index (Phi) is 5.08. The monoisotopic (exact) mass is 385 g/mol. The third kappa shape index (κ3) is 3.96. The Labute approximate surface area is 153 Å². The van der Waals surface area contributed by atoms with Crippen molar-refractivity contribution in [1.82, 2.24) is 0 Å². The molecule has 0 aliphatic heterocycles. The predicted molar refractivity (Wildman–Crippen MR) is 98.0 cm³/mol. The number of hydrogen-bond donors (Lipinski definition) is 1. The topological polar surface area (TPSA) is 25.2 Å². The summed E-state index contributed by atoms with van der Waals surface area (Å²) in [6.07, 6.45) is 0. The van der Waals surface area contributed by atoms with Crippen LogP contribution in [0.3, 0.4) is 0 Å². The molecule has 3 rings (SSSR count). The van der Waals surface area contributed by atoms with E-state index in [0.717, 1.165) is 17.0 Å². The van der Waals surface area contributed by atoms with Crippen molar-refractivity contribution in [2.45, 2.75) is 6.54 Å². The summed E-state index contributed by atoms with van der Waals surface area (Å²) in [6.45, 7) is 0.477. The van der Waals surface area contributed by atoms with E-state index in [9.17, 15) is 0 Å². The van der Waals surface area contributed by atoms with E-state index < -0.39 is 0 Å². The lowest BCUT2D eigenvalue weighted by molar-refractivity contribution is 0.531. The molecular weight excluding hydrogens is 376 g/mol. The molecule has 0 amide bonds. The molecule has 0 unspecified atom stereocenters. The lowest BCUT2D eigenvalue weighted by Crippen LogP contribution is -1.98. The van der Waals surface area contributed by atoms with Crippen LogP contribution in [-0.4, -0.2) is 0 Å². The first-order valence-corrected chi connectivity index (χ1v) is 8.27. The van der Waals surface area contributed by atoms with Crippen LogP contribution in [0.2, 0.25) is 20.1 Å². The maximum atomic E-state index is 6.19. The number of hydrogen-bond acceptors (Lipinski definition) is 2. The van der Waals surface area contributed by atoms with E-state index in [-0.39, 0.29) is 0 Å². The minimum atomic E-state index is 0.477. The molecule has 118 valence electrons. The van der Waals surface area contributed by atoms with E-state index in [1.807, 2.05) is 18.2 Å². The Morgan fingerprint density at radius 1 is 0.783 bits per heavy atom. The van der Waals surface area contributed by atoms with E-state index in [2.05, 4.69) is 5.32 Å². The highest BCUT2D eigenvalue weighted by Crippen LogP contribution is 2.32. The van der Waals surface area contributed by atoms with Crippen LogP contribution in [-0.2, 0) is 6.54 Å². The molecule has 6 heteroatoms. The second-order valence-corrected chi connectivity index (χ2v) is 6.56. The molecular formula is C17H11Cl4NO. The second-order valence-electron chi connectivity index (χ2n) is 4.87. The van der Waals surface area contributed by atoms with Crippen molar-refractivity contribution < 1.29 is 4.42 Å². The third-order valence-corrected chi connectivity index (χ3v) is 4.35. The summed E-state index contributed by atoms with van der Waals surface area (Å²) < 4.78 is 5.82. The minimum absolute atomic E-state index is 0.477. The smallest absolute Gasteiger partial charge is 0.135 e. The lowest BCUT2D eigenvalue weighted by Gasteiger charge is -2.07. The lowest BCUT2D eigenvalue weighted by atomic mass is 10.2. The summed E-state index contributed by atoms with van der Waals surface area (Å²) in [4.78, 5) is 0. The van der Waals surface area contributed by atoms with Crippen molar-refractivity contribution in [2.24, 2.45) is 0 Å². The molecule has 23 heavy (non-hydrogen) atoms. The summed E-state index contributed by atoms with van der Waals surface area (Å²) in [5, 5.41) is 5.54. The number of anilines is 1. The Hall–Kier alpha value is -1.32. The van der Waals surface area contributed by atoms with Crippen molar-refractivity contribution in [3.8, 4) is 11.3 Å². The van der Waals surface area contributed by atoms with Crippen LogP contribution in [0, 0.1) is 0 Å². The summed E-state index contributed by atoms with van der Waals surface area (Å²) >= 11 is 24.2. The molecule has 0 saturated heterocycles. The van der Waals surface area contributed by atoms with Crippen molar-refractivity contribution in [3.63, 3.8) is 0 Å². The zero-order chi connectivity index (χ0) is 16.4. The average Bonchev–Trinajstić information content (AvgIpc) is 2.97. The van der Waals surface area contributed by atoms with Gasteiger partial charge in [-0.25, -0.2) is 0 Å². The van der Waals surface area contributed by atoms with Crippen LogP contribution in [0.4, 0.5) is 5.69 Å². The molecule has 0 radical (unpaired) electrons. The van der Waals surface area contributed by atoms with Gasteiger partial charge >= 0.3 is 0 Å². The summed E-state index contributed by atoms with van der Waals surface area (Å²) in [5.41, 5.74) is 1.55. The summed E-state index contributed by atoms with van der Waals surface area (Å²) in [5.74, 6) is 1.43. The van der Waals surface area contributed by atoms with E-state index in [0.29, 0.717) is 32.4 Å². The number of furan rings is 1. The molecule has 1 aromatic heterocycles. The molecule has 1 heterocycles. The number of rotatable bonds is 4. The summed E-state index contributed by atoms with van der Waals surface area (Å²) in [7, 11) is 0. The SMILES string of the molecule is Clc1ccc(-c2ccc(CNc3cc(Cl)ccc3Cl)o2)c(Cl)c1.